The average molecular weight is 439 g/mol. The zero-order chi connectivity index (χ0) is 21.2. The molecule has 29 heavy (non-hydrogen) atoms. The van der Waals surface area contributed by atoms with Gasteiger partial charge in [0.25, 0.3) is 6.08 Å². The molecule has 0 spiro atoms. The number of carboxylic acid groups (broad SMARTS) is 1. The third-order valence-corrected chi connectivity index (χ3v) is 6.74. The second kappa shape index (κ2) is 8.47. The van der Waals surface area contributed by atoms with E-state index in [1.54, 1.807) is 4.57 Å². The van der Waals surface area contributed by atoms with Crippen LogP contribution in [0.3, 0.4) is 0 Å². The van der Waals surface area contributed by atoms with Gasteiger partial charge in [-0.05, 0) is 6.04 Å². The summed E-state index contributed by atoms with van der Waals surface area (Å²) in [6.45, 7) is 7.51. The number of carboxylic acids is 1. The van der Waals surface area contributed by atoms with Crippen molar-refractivity contribution in [3.05, 3.63) is 35.2 Å². The SMILES string of the molecule is C[Si](C)(C)CCOCn1cc(C=C(F)F)c2nc(-c3cnc(C(=O)O)s3)cnc21. The third-order valence-electron chi connectivity index (χ3n) is 4.03. The molecule has 0 aromatic carbocycles. The van der Waals surface area contributed by atoms with Crippen LogP contribution in [-0.4, -0.2) is 45.3 Å². The van der Waals surface area contributed by atoms with Gasteiger partial charge >= 0.3 is 5.97 Å². The Hall–Kier alpha value is -2.50. The van der Waals surface area contributed by atoms with Crippen molar-refractivity contribution >= 4 is 42.6 Å². The maximum absolute atomic E-state index is 12.9. The van der Waals surface area contributed by atoms with E-state index in [4.69, 9.17) is 9.84 Å². The molecular weight excluding hydrogens is 418 g/mol. The molecule has 0 saturated carbocycles. The van der Waals surface area contributed by atoms with Crippen LogP contribution >= 0.6 is 11.3 Å². The molecule has 1 N–H and O–H groups in total. The topological polar surface area (TPSA) is 90.1 Å². The molecule has 154 valence electrons. The Bertz CT molecular complexity index is 1070. The maximum atomic E-state index is 12.9. The number of hydrogen-bond acceptors (Lipinski definition) is 6. The lowest BCUT2D eigenvalue weighted by Crippen LogP contribution is -2.22. The predicted octanol–water partition coefficient (Wildman–Crippen LogP) is 4.80. The van der Waals surface area contributed by atoms with Crippen LogP contribution in [0, 0.1) is 0 Å². The van der Waals surface area contributed by atoms with E-state index in [9.17, 15) is 13.6 Å². The Morgan fingerprint density at radius 3 is 2.69 bits per heavy atom. The van der Waals surface area contributed by atoms with E-state index >= 15 is 0 Å². The van der Waals surface area contributed by atoms with Crippen molar-refractivity contribution < 1.29 is 23.4 Å². The Labute approximate surface area is 170 Å². The van der Waals surface area contributed by atoms with E-state index in [0.29, 0.717) is 22.8 Å². The summed E-state index contributed by atoms with van der Waals surface area (Å²) < 4.78 is 33.2. The van der Waals surface area contributed by atoms with Crippen molar-refractivity contribution in [1.29, 1.82) is 0 Å². The zero-order valence-electron chi connectivity index (χ0n) is 16.1. The second-order valence-electron chi connectivity index (χ2n) is 7.60. The number of thiazole rings is 1. The van der Waals surface area contributed by atoms with Gasteiger partial charge in [0, 0.05) is 38.7 Å². The van der Waals surface area contributed by atoms with Gasteiger partial charge in [0.15, 0.2) is 5.65 Å². The van der Waals surface area contributed by atoms with Crippen molar-refractivity contribution in [2.24, 2.45) is 0 Å². The van der Waals surface area contributed by atoms with Crippen LogP contribution in [0.15, 0.2) is 24.7 Å². The summed E-state index contributed by atoms with van der Waals surface area (Å²) >= 11 is 0.944. The first-order valence-corrected chi connectivity index (χ1v) is 13.3. The molecule has 3 aromatic heterocycles. The number of aromatic carboxylic acids is 1. The third kappa shape index (κ3) is 5.31. The fraction of sp³-hybridized carbons (Fsp3) is 0.333. The summed E-state index contributed by atoms with van der Waals surface area (Å²) in [5, 5.41) is 8.94. The number of ether oxygens (including phenoxy) is 1. The summed E-state index contributed by atoms with van der Waals surface area (Å²) in [5.41, 5.74) is 1.28. The molecule has 11 heteroatoms. The van der Waals surface area contributed by atoms with E-state index in [2.05, 4.69) is 34.6 Å². The van der Waals surface area contributed by atoms with Gasteiger partial charge in [0.1, 0.15) is 17.9 Å². The van der Waals surface area contributed by atoms with Crippen LogP contribution in [0.2, 0.25) is 25.7 Å². The highest BCUT2D eigenvalue weighted by atomic mass is 32.1. The molecule has 0 atom stereocenters. The van der Waals surface area contributed by atoms with Gasteiger partial charge in [0.2, 0.25) is 5.01 Å². The molecular formula is C18H20F2N4O3SSi. The second-order valence-corrected chi connectivity index (χ2v) is 14.3. The molecule has 0 unspecified atom stereocenters. The van der Waals surface area contributed by atoms with Crippen molar-refractivity contribution in [1.82, 2.24) is 19.5 Å². The fourth-order valence-corrected chi connectivity index (χ4v) is 4.02. The highest BCUT2D eigenvalue weighted by Gasteiger charge is 2.17. The number of halogens is 2. The molecule has 0 radical (unpaired) electrons. The van der Waals surface area contributed by atoms with Crippen LogP contribution < -0.4 is 0 Å². The van der Waals surface area contributed by atoms with Crippen molar-refractivity contribution in [3.63, 3.8) is 0 Å². The number of nitrogens with zero attached hydrogens (tertiary/aromatic N) is 4. The van der Waals surface area contributed by atoms with E-state index in [0.717, 1.165) is 23.5 Å². The molecule has 0 aliphatic heterocycles. The van der Waals surface area contributed by atoms with Gasteiger partial charge in [-0.1, -0.05) is 19.6 Å². The molecule has 0 bridgehead atoms. The first-order valence-electron chi connectivity index (χ1n) is 8.80. The number of rotatable bonds is 8. The molecule has 0 aliphatic carbocycles. The molecule has 3 rings (SSSR count). The lowest BCUT2D eigenvalue weighted by atomic mass is 10.3. The van der Waals surface area contributed by atoms with E-state index in [-0.39, 0.29) is 22.8 Å². The number of hydrogen-bond donors (Lipinski definition) is 1. The fourth-order valence-electron chi connectivity index (χ4n) is 2.55. The quantitative estimate of drug-likeness (QED) is 0.401. The molecule has 7 nitrogen and oxygen atoms in total. The first-order chi connectivity index (χ1) is 13.6. The number of aromatic nitrogens is 4. The van der Waals surface area contributed by atoms with Gasteiger partial charge in [0.05, 0.1) is 11.1 Å². The monoisotopic (exact) mass is 438 g/mol. The number of carbonyl (C=O) groups is 1. The lowest BCUT2D eigenvalue weighted by Gasteiger charge is -2.15. The molecule has 0 fully saturated rings. The van der Waals surface area contributed by atoms with Gasteiger partial charge in [-0.15, -0.1) is 11.3 Å². The summed E-state index contributed by atoms with van der Waals surface area (Å²) in [4.78, 5) is 24.1. The normalized spacial score (nSPS) is 11.8. The minimum Gasteiger partial charge on any atom is -0.476 e. The Balaban J connectivity index is 1.93. The molecule has 0 aliphatic rings. The van der Waals surface area contributed by atoms with Crippen LogP contribution in [0.1, 0.15) is 15.4 Å². The molecule has 0 amide bonds. The molecule has 0 saturated heterocycles. The Kier molecular flexibility index (Phi) is 6.20. The number of fused-ring (bicyclic) bond motifs is 1. The average Bonchev–Trinajstić information content (AvgIpc) is 3.23. The largest absolute Gasteiger partial charge is 0.476 e. The van der Waals surface area contributed by atoms with Crippen molar-refractivity contribution in [3.8, 4) is 10.6 Å². The summed E-state index contributed by atoms with van der Waals surface area (Å²) in [5.74, 6) is -1.14. The summed E-state index contributed by atoms with van der Waals surface area (Å²) in [7, 11) is -1.23. The maximum Gasteiger partial charge on any atom is 0.365 e. The van der Waals surface area contributed by atoms with Gasteiger partial charge in [-0.2, -0.15) is 8.78 Å². The highest BCUT2D eigenvalue weighted by Crippen LogP contribution is 2.28. The smallest absolute Gasteiger partial charge is 0.365 e. The van der Waals surface area contributed by atoms with Crippen LogP contribution in [0.5, 0.6) is 0 Å². The van der Waals surface area contributed by atoms with Gasteiger partial charge in [-0.3, -0.25) is 0 Å². The zero-order valence-corrected chi connectivity index (χ0v) is 18.0. The van der Waals surface area contributed by atoms with Crippen molar-refractivity contribution in [2.75, 3.05) is 6.61 Å². The van der Waals surface area contributed by atoms with Crippen LogP contribution in [0.4, 0.5) is 8.78 Å². The van der Waals surface area contributed by atoms with Crippen molar-refractivity contribution in [2.45, 2.75) is 32.4 Å². The standard InChI is InChI=1S/C18H20F2N4O3SSi/c1-29(2,3)5-4-27-10-24-9-11(6-14(19)20)15-16(24)21-7-12(23-15)13-8-22-17(28-13)18(25)26/h6-9H,4-5,10H2,1-3H3,(H,25,26). The summed E-state index contributed by atoms with van der Waals surface area (Å²) in [6.07, 6.45) is 3.26. The Morgan fingerprint density at radius 1 is 1.31 bits per heavy atom. The molecule has 3 aromatic rings. The predicted molar refractivity (Wildman–Crippen MR) is 110 cm³/mol. The first kappa shape index (κ1) is 21.2. The minimum atomic E-state index is -1.85. The van der Waals surface area contributed by atoms with Gasteiger partial charge < -0.3 is 14.4 Å². The van der Waals surface area contributed by atoms with Crippen LogP contribution in [-0.2, 0) is 11.5 Å². The highest BCUT2D eigenvalue weighted by molar-refractivity contribution is 7.16. The Morgan fingerprint density at radius 2 is 2.07 bits per heavy atom. The summed E-state index contributed by atoms with van der Waals surface area (Å²) in [6, 6.07) is 0.991. The van der Waals surface area contributed by atoms with Gasteiger partial charge in [-0.25, -0.2) is 19.7 Å². The van der Waals surface area contributed by atoms with Crippen LogP contribution in [0.25, 0.3) is 27.8 Å². The van der Waals surface area contributed by atoms with E-state index < -0.39 is 20.1 Å². The lowest BCUT2D eigenvalue weighted by molar-refractivity contribution is 0.0696. The van der Waals surface area contributed by atoms with E-state index in [1.807, 2.05) is 0 Å². The van der Waals surface area contributed by atoms with E-state index in [1.165, 1.54) is 18.6 Å². The minimum absolute atomic E-state index is 0.0785. The molecule has 3 heterocycles.